The van der Waals surface area contributed by atoms with E-state index in [9.17, 15) is 19.1 Å². The van der Waals surface area contributed by atoms with E-state index in [4.69, 9.17) is 5.11 Å². The molecule has 1 saturated heterocycles. The summed E-state index contributed by atoms with van der Waals surface area (Å²) in [7, 11) is 1.54. The number of hydrogen-bond donors (Lipinski definition) is 3. The van der Waals surface area contributed by atoms with E-state index < -0.39 is 17.9 Å². The number of carbonyl (C=O) groups is 2. The van der Waals surface area contributed by atoms with Crippen molar-refractivity contribution < 1.29 is 24.2 Å². The van der Waals surface area contributed by atoms with E-state index in [1.54, 1.807) is 4.90 Å². The van der Waals surface area contributed by atoms with Crippen LogP contribution in [0.4, 0.5) is 16.2 Å². The maximum Gasteiger partial charge on any atom is 0.303 e. The number of carboxylic acid groups (broad SMARTS) is 1. The number of rotatable bonds is 5. The van der Waals surface area contributed by atoms with Gasteiger partial charge in [0.25, 0.3) is 0 Å². The molecule has 1 amide bonds. The van der Waals surface area contributed by atoms with Crippen LogP contribution in [-0.2, 0) is 9.59 Å². The number of amides is 1. The molecular formula is C14H20FN5O4. The quantitative estimate of drug-likeness (QED) is 0.658. The molecule has 0 spiro atoms. The van der Waals surface area contributed by atoms with Crippen LogP contribution >= 0.6 is 0 Å². The number of aliphatic hydroxyl groups excluding tert-OH is 1. The number of aliphatic carboxylic acids is 1. The van der Waals surface area contributed by atoms with Crippen molar-refractivity contribution in [3.05, 3.63) is 12.0 Å². The van der Waals surface area contributed by atoms with Crippen molar-refractivity contribution in [2.24, 2.45) is 0 Å². The lowest BCUT2D eigenvalue weighted by atomic mass is 10.2. The monoisotopic (exact) mass is 341 g/mol. The summed E-state index contributed by atoms with van der Waals surface area (Å²) in [6.07, 6.45) is -0.157. The van der Waals surface area contributed by atoms with Crippen molar-refractivity contribution in [3.8, 4) is 0 Å². The third-order valence-electron chi connectivity index (χ3n) is 3.66. The Hall–Kier alpha value is -2.49. The summed E-state index contributed by atoms with van der Waals surface area (Å²) < 4.78 is 13.5. The van der Waals surface area contributed by atoms with E-state index in [1.807, 2.05) is 0 Å². The van der Waals surface area contributed by atoms with Crippen LogP contribution in [0.3, 0.4) is 0 Å². The predicted molar refractivity (Wildman–Crippen MR) is 83.2 cm³/mol. The van der Waals surface area contributed by atoms with Gasteiger partial charge in [-0.25, -0.2) is 9.37 Å². The lowest BCUT2D eigenvalue weighted by Crippen LogP contribution is -2.37. The highest BCUT2D eigenvalue weighted by Gasteiger charge is 2.26. The van der Waals surface area contributed by atoms with Gasteiger partial charge in [-0.15, -0.1) is 0 Å². The van der Waals surface area contributed by atoms with Crippen molar-refractivity contribution in [2.45, 2.75) is 18.9 Å². The SMILES string of the molecule is CNc1nc(N2CCN(C(=O)CCC(=O)O)C[C@H](O)C2)ncc1F. The number of aliphatic hydroxyl groups is 1. The van der Waals surface area contributed by atoms with Gasteiger partial charge in [0.2, 0.25) is 11.9 Å². The Kier molecular flexibility index (Phi) is 5.85. The van der Waals surface area contributed by atoms with Crippen molar-refractivity contribution in [2.75, 3.05) is 43.4 Å². The maximum absolute atomic E-state index is 13.5. The van der Waals surface area contributed by atoms with Gasteiger partial charge in [0.15, 0.2) is 11.6 Å². The molecule has 0 unspecified atom stereocenters. The lowest BCUT2D eigenvalue weighted by Gasteiger charge is -2.22. The van der Waals surface area contributed by atoms with Crippen LogP contribution in [0.5, 0.6) is 0 Å². The minimum Gasteiger partial charge on any atom is -0.481 e. The summed E-state index contributed by atoms with van der Waals surface area (Å²) in [5.41, 5.74) is 0. The summed E-state index contributed by atoms with van der Waals surface area (Å²) in [6, 6.07) is 0. The highest BCUT2D eigenvalue weighted by molar-refractivity contribution is 5.80. The van der Waals surface area contributed by atoms with E-state index >= 15 is 0 Å². The Morgan fingerprint density at radius 3 is 2.79 bits per heavy atom. The average Bonchev–Trinajstić information content (AvgIpc) is 2.74. The third-order valence-corrected chi connectivity index (χ3v) is 3.66. The normalized spacial score (nSPS) is 18.2. The standard InChI is InChI=1S/C14H20FN5O4/c1-16-13-10(15)6-17-14(18-13)20-5-4-19(7-9(21)8-20)11(22)2-3-12(23)24/h6,9,21H,2-5,7-8H2,1H3,(H,23,24)(H,16,17,18)/t9-/m0/s1. The van der Waals surface area contributed by atoms with Gasteiger partial charge in [0, 0.05) is 39.6 Å². The van der Waals surface area contributed by atoms with Crippen LogP contribution in [-0.4, -0.2) is 76.3 Å². The molecule has 1 fully saturated rings. The number of anilines is 2. The third kappa shape index (κ3) is 4.51. The molecule has 0 aliphatic carbocycles. The van der Waals surface area contributed by atoms with Gasteiger partial charge in [0.05, 0.1) is 18.7 Å². The predicted octanol–water partition coefficient (Wildman–Crippen LogP) is -0.468. The lowest BCUT2D eigenvalue weighted by molar-refractivity contribution is -0.141. The Balaban J connectivity index is 2.06. The molecule has 1 aromatic rings. The van der Waals surface area contributed by atoms with Crippen molar-refractivity contribution >= 4 is 23.6 Å². The van der Waals surface area contributed by atoms with Crippen molar-refractivity contribution in [1.82, 2.24) is 14.9 Å². The van der Waals surface area contributed by atoms with Crippen LogP contribution in [0.15, 0.2) is 6.20 Å². The summed E-state index contributed by atoms with van der Waals surface area (Å²) in [5.74, 6) is -1.65. The van der Waals surface area contributed by atoms with E-state index in [2.05, 4.69) is 15.3 Å². The first-order valence-corrected chi connectivity index (χ1v) is 7.53. The second-order valence-electron chi connectivity index (χ2n) is 5.45. The highest BCUT2D eigenvalue weighted by atomic mass is 19.1. The number of aromatic nitrogens is 2. The molecule has 2 heterocycles. The molecular weight excluding hydrogens is 321 g/mol. The number of hydrogen-bond acceptors (Lipinski definition) is 7. The minimum atomic E-state index is -1.04. The van der Waals surface area contributed by atoms with Gasteiger partial charge in [-0.05, 0) is 0 Å². The molecule has 0 radical (unpaired) electrons. The zero-order valence-corrected chi connectivity index (χ0v) is 13.3. The van der Waals surface area contributed by atoms with E-state index in [1.165, 1.54) is 11.9 Å². The fourth-order valence-electron chi connectivity index (χ4n) is 2.46. The molecule has 1 aliphatic rings. The van der Waals surface area contributed by atoms with Crippen molar-refractivity contribution in [1.29, 1.82) is 0 Å². The van der Waals surface area contributed by atoms with E-state index in [-0.39, 0.29) is 43.6 Å². The van der Waals surface area contributed by atoms with Gasteiger partial charge in [-0.3, -0.25) is 9.59 Å². The fraction of sp³-hybridized carbons (Fsp3) is 0.571. The average molecular weight is 341 g/mol. The van der Waals surface area contributed by atoms with Crippen LogP contribution in [0.25, 0.3) is 0 Å². The Morgan fingerprint density at radius 2 is 2.12 bits per heavy atom. The molecule has 2 rings (SSSR count). The first-order valence-electron chi connectivity index (χ1n) is 7.53. The molecule has 0 bridgehead atoms. The van der Waals surface area contributed by atoms with E-state index in [0.717, 1.165) is 6.20 Å². The second kappa shape index (κ2) is 7.86. The van der Waals surface area contributed by atoms with Gasteiger partial charge < -0.3 is 25.3 Å². The highest BCUT2D eigenvalue weighted by Crippen LogP contribution is 2.17. The van der Waals surface area contributed by atoms with Crippen molar-refractivity contribution in [3.63, 3.8) is 0 Å². The molecule has 9 nitrogen and oxygen atoms in total. The number of nitrogens with zero attached hydrogens (tertiary/aromatic N) is 4. The number of nitrogens with one attached hydrogen (secondary N) is 1. The fourth-order valence-corrected chi connectivity index (χ4v) is 2.46. The van der Waals surface area contributed by atoms with Gasteiger partial charge >= 0.3 is 5.97 Å². The summed E-state index contributed by atoms with van der Waals surface area (Å²) in [6.45, 7) is 0.947. The Labute approximate surface area is 138 Å². The number of β-amino-alcohol motifs (C(OH)–C–C–N with tert-alkyl or cyclic N) is 1. The minimum absolute atomic E-state index is 0.0492. The second-order valence-corrected chi connectivity index (χ2v) is 5.45. The molecule has 0 saturated carbocycles. The molecule has 3 N–H and O–H groups in total. The smallest absolute Gasteiger partial charge is 0.303 e. The zero-order valence-electron chi connectivity index (χ0n) is 13.3. The van der Waals surface area contributed by atoms with Crippen LogP contribution in [0, 0.1) is 5.82 Å². The van der Waals surface area contributed by atoms with Gasteiger partial charge in [0.1, 0.15) is 0 Å². The summed E-state index contributed by atoms with van der Waals surface area (Å²) in [5, 5.41) is 21.4. The Morgan fingerprint density at radius 1 is 1.38 bits per heavy atom. The molecule has 1 atom stereocenters. The van der Waals surface area contributed by atoms with Crippen LogP contribution < -0.4 is 10.2 Å². The summed E-state index contributed by atoms with van der Waals surface area (Å²) in [4.78, 5) is 33.7. The van der Waals surface area contributed by atoms with Gasteiger partial charge in [-0.2, -0.15) is 4.98 Å². The van der Waals surface area contributed by atoms with Crippen LogP contribution in [0.1, 0.15) is 12.8 Å². The molecule has 1 aliphatic heterocycles. The first-order chi connectivity index (χ1) is 11.4. The molecule has 10 heteroatoms. The molecule has 1 aromatic heterocycles. The largest absolute Gasteiger partial charge is 0.481 e. The van der Waals surface area contributed by atoms with E-state index in [0.29, 0.717) is 13.1 Å². The molecule has 24 heavy (non-hydrogen) atoms. The maximum atomic E-state index is 13.5. The summed E-state index contributed by atoms with van der Waals surface area (Å²) >= 11 is 0. The zero-order chi connectivity index (χ0) is 17.7. The Bertz CT molecular complexity index is 615. The topological polar surface area (TPSA) is 119 Å². The number of carbonyl (C=O) groups excluding carboxylic acids is 1. The van der Waals surface area contributed by atoms with Gasteiger partial charge in [-0.1, -0.05) is 0 Å². The number of carboxylic acids is 1. The number of halogens is 1. The molecule has 132 valence electrons. The molecule has 0 aromatic carbocycles. The van der Waals surface area contributed by atoms with Crippen LogP contribution in [0.2, 0.25) is 0 Å². The first kappa shape index (κ1) is 17.9.